The first kappa shape index (κ1) is 19.8. The average Bonchev–Trinajstić information content (AvgIpc) is 2.62. The van der Waals surface area contributed by atoms with E-state index in [0.717, 1.165) is 41.3 Å². The van der Waals surface area contributed by atoms with Crippen molar-refractivity contribution in [3.63, 3.8) is 0 Å². The highest BCUT2D eigenvalue weighted by molar-refractivity contribution is 7.99. The topological polar surface area (TPSA) is 71.9 Å². The number of ether oxygens (including phenoxy) is 1. The molecule has 2 amide bonds. The zero-order chi connectivity index (χ0) is 19.4. The summed E-state index contributed by atoms with van der Waals surface area (Å²) in [4.78, 5) is 26.6. The molecule has 0 saturated carbocycles. The van der Waals surface area contributed by atoms with E-state index in [0.29, 0.717) is 24.4 Å². The largest absolute Gasteiger partial charge is 0.463 e. The van der Waals surface area contributed by atoms with Gasteiger partial charge in [-0.05, 0) is 31.9 Å². The lowest BCUT2D eigenvalue weighted by molar-refractivity contribution is -0.891. The minimum atomic E-state index is -0.494. The van der Waals surface area contributed by atoms with E-state index in [1.165, 1.54) is 4.90 Å². The molecule has 3 rings (SSSR count). The third-order valence-corrected chi connectivity index (χ3v) is 6.00. The van der Waals surface area contributed by atoms with Crippen molar-refractivity contribution in [3.05, 3.63) is 46.2 Å². The number of aryl methyl sites for hydroxylation is 2. The van der Waals surface area contributed by atoms with Gasteiger partial charge in [-0.3, -0.25) is 0 Å². The molecule has 0 aliphatic carbocycles. The molecule has 146 valence electrons. The van der Waals surface area contributed by atoms with Crippen molar-refractivity contribution < 1.29 is 19.2 Å². The van der Waals surface area contributed by atoms with Crippen LogP contribution in [0.25, 0.3) is 0 Å². The molecule has 0 unspecified atom stereocenters. The molecule has 7 heteroatoms. The first-order valence-corrected chi connectivity index (χ1v) is 10.6. The minimum absolute atomic E-state index is 0.270. The van der Waals surface area contributed by atoms with Crippen molar-refractivity contribution in [2.45, 2.75) is 26.8 Å². The third-order valence-electron chi connectivity index (χ3n) is 5.01. The summed E-state index contributed by atoms with van der Waals surface area (Å²) in [6, 6.07) is 5.30. The van der Waals surface area contributed by atoms with E-state index >= 15 is 0 Å². The smallest absolute Gasteiger partial charge is 0.338 e. The van der Waals surface area contributed by atoms with Crippen molar-refractivity contribution in [1.29, 1.82) is 0 Å². The molecule has 0 radical (unpaired) electrons. The Balaban J connectivity index is 2.01. The number of carbonyl (C=O) groups excluding carboxylic acids is 2. The van der Waals surface area contributed by atoms with Crippen LogP contribution in [0.2, 0.25) is 0 Å². The molecule has 2 heterocycles. The standard InChI is InChI=1S/C20H27N3O3S/c1-4-26-19(24)17-16(12-23-7-9-27-10-8-23)21-20(25)22-18(17)15-6-5-13(2)11-14(15)3/h5-6,11,18H,4,7-10,12H2,1-3H3,(H2,21,22,25)/p+1/t18-/m0/s1. The zero-order valence-electron chi connectivity index (χ0n) is 16.2. The molecule has 2 aliphatic heterocycles. The van der Waals surface area contributed by atoms with Crippen LogP contribution in [0.4, 0.5) is 4.79 Å². The average molecular weight is 391 g/mol. The fraction of sp³-hybridized carbons (Fsp3) is 0.500. The predicted octanol–water partition coefficient (Wildman–Crippen LogP) is 1.11. The number of rotatable bonds is 5. The van der Waals surface area contributed by atoms with Crippen molar-refractivity contribution >= 4 is 23.8 Å². The molecule has 27 heavy (non-hydrogen) atoms. The molecule has 0 spiro atoms. The van der Waals surface area contributed by atoms with Gasteiger partial charge in [0.2, 0.25) is 0 Å². The van der Waals surface area contributed by atoms with Crippen LogP contribution >= 0.6 is 11.8 Å². The summed E-state index contributed by atoms with van der Waals surface area (Å²) >= 11 is 1.95. The van der Waals surface area contributed by atoms with E-state index in [1.54, 1.807) is 6.92 Å². The fourth-order valence-electron chi connectivity index (χ4n) is 3.68. The van der Waals surface area contributed by atoms with Gasteiger partial charge in [0.25, 0.3) is 0 Å². The molecule has 1 fully saturated rings. The third kappa shape index (κ3) is 4.65. The first-order chi connectivity index (χ1) is 13.0. The van der Waals surface area contributed by atoms with Crippen molar-refractivity contribution in [2.24, 2.45) is 0 Å². The van der Waals surface area contributed by atoms with Gasteiger partial charge in [0, 0.05) is 11.5 Å². The lowest BCUT2D eigenvalue weighted by Gasteiger charge is -2.32. The van der Waals surface area contributed by atoms with E-state index in [9.17, 15) is 9.59 Å². The first-order valence-electron chi connectivity index (χ1n) is 9.45. The number of urea groups is 1. The van der Waals surface area contributed by atoms with E-state index in [2.05, 4.69) is 16.7 Å². The molecule has 1 atom stereocenters. The van der Waals surface area contributed by atoms with Gasteiger partial charge in [0.05, 0.1) is 37.0 Å². The lowest BCUT2D eigenvalue weighted by atomic mass is 9.91. The molecule has 6 nitrogen and oxygen atoms in total. The molecule has 3 N–H and O–H groups in total. The zero-order valence-corrected chi connectivity index (χ0v) is 17.0. The summed E-state index contributed by atoms with van der Waals surface area (Å²) in [5.41, 5.74) is 4.33. The molecule has 2 aliphatic rings. The Labute approximate surface area is 164 Å². The second-order valence-electron chi connectivity index (χ2n) is 7.04. The molecule has 0 bridgehead atoms. The number of thioether (sulfide) groups is 1. The van der Waals surface area contributed by atoms with E-state index in [1.807, 2.05) is 37.7 Å². The van der Waals surface area contributed by atoms with Gasteiger partial charge in [0.1, 0.15) is 6.54 Å². The molecular formula is C20H28N3O3S+. The second kappa shape index (κ2) is 8.80. The Hall–Kier alpha value is -1.99. The SMILES string of the molecule is CCOC(=O)C1=C(C[NH+]2CCSCC2)NC(=O)N[C@H]1c1ccc(C)cc1C. The summed E-state index contributed by atoms with van der Waals surface area (Å²) < 4.78 is 5.35. The summed E-state index contributed by atoms with van der Waals surface area (Å²) in [6.07, 6.45) is 0. The van der Waals surface area contributed by atoms with Crippen molar-refractivity contribution in [2.75, 3.05) is 37.7 Å². The Morgan fingerprint density at radius 3 is 2.70 bits per heavy atom. The molecule has 1 aromatic carbocycles. The number of esters is 1. The Bertz CT molecular complexity index is 757. The van der Waals surface area contributed by atoms with E-state index in [-0.39, 0.29) is 12.0 Å². The summed E-state index contributed by atoms with van der Waals surface area (Å²) in [6.45, 7) is 8.82. The van der Waals surface area contributed by atoms with Crippen molar-refractivity contribution in [1.82, 2.24) is 10.6 Å². The quantitative estimate of drug-likeness (QED) is 0.659. The Morgan fingerprint density at radius 2 is 2.04 bits per heavy atom. The normalized spacial score (nSPS) is 20.9. The van der Waals surface area contributed by atoms with Gasteiger partial charge in [-0.2, -0.15) is 11.8 Å². The molecule has 1 saturated heterocycles. The van der Waals surface area contributed by atoms with Crippen molar-refractivity contribution in [3.8, 4) is 0 Å². The number of amides is 2. The van der Waals surface area contributed by atoms with Gasteiger partial charge < -0.3 is 20.3 Å². The highest BCUT2D eigenvalue weighted by atomic mass is 32.2. The Morgan fingerprint density at radius 1 is 1.30 bits per heavy atom. The summed E-state index contributed by atoms with van der Waals surface area (Å²) in [5, 5.41) is 5.81. The molecule has 1 aromatic rings. The van der Waals surface area contributed by atoms with Crippen LogP contribution in [0, 0.1) is 13.8 Å². The summed E-state index contributed by atoms with van der Waals surface area (Å²) in [7, 11) is 0. The maximum atomic E-state index is 12.8. The van der Waals surface area contributed by atoms with Crippen LogP contribution in [0.3, 0.4) is 0 Å². The lowest BCUT2D eigenvalue weighted by Crippen LogP contribution is -3.14. The number of nitrogens with one attached hydrogen (secondary N) is 3. The van der Waals surface area contributed by atoms with Gasteiger partial charge in [-0.1, -0.05) is 23.8 Å². The van der Waals surface area contributed by atoms with Gasteiger partial charge >= 0.3 is 12.0 Å². The van der Waals surface area contributed by atoms with Crippen LogP contribution in [0.1, 0.15) is 29.7 Å². The maximum Gasteiger partial charge on any atom is 0.338 e. The number of benzene rings is 1. The minimum Gasteiger partial charge on any atom is -0.463 e. The van der Waals surface area contributed by atoms with Crippen LogP contribution in [-0.2, 0) is 9.53 Å². The van der Waals surface area contributed by atoms with Crippen LogP contribution < -0.4 is 15.5 Å². The van der Waals surface area contributed by atoms with Crippen LogP contribution in [0.15, 0.2) is 29.5 Å². The predicted molar refractivity (Wildman–Crippen MR) is 107 cm³/mol. The number of hydrogen-bond donors (Lipinski definition) is 3. The number of quaternary nitrogens is 1. The number of carbonyl (C=O) groups is 2. The monoisotopic (exact) mass is 390 g/mol. The molecular weight excluding hydrogens is 362 g/mol. The summed E-state index contributed by atoms with van der Waals surface area (Å²) in [5.74, 6) is 1.84. The fourth-order valence-corrected chi connectivity index (χ4v) is 4.75. The van der Waals surface area contributed by atoms with Crippen LogP contribution in [-0.4, -0.2) is 49.7 Å². The van der Waals surface area contributed by atoms with Gasteiger partial charge in [-0.25, -0.2) is 9.59 Å². The highest BCUT2D eigenvalue weighted by Crippen LogP contribution is 2.30. The van der Waals surface area contributed by atoms with E-state index in [4.69, 9.17) is 4.74 Å². The second-order valence-corrected chi connectivity index (χ2v) is 8.27. The van der Waals surface area contributed by atoms with Crippen LogP contribution in [0.5, 0.6) is 0 Å². The highest BCUT2D eigenvalue weighted by Gasteiger charge is 2.36. The van der Waals surface area contributed by atoms with Gasteiger partial charge in [-0.15, -0.1) is 0 Å². The van der Waals surface area contributed by atoms with E-state index < -0.39 is 6.04 Å². The van der Waals surface area contributed by atoms with Gasteiger partial charge in [0.15, 0.2) is 0 Å². The maximum absolute atomic E-state index is 12.8. The Kier molecular flexibility index (Phi) is 6.44. The number of hydrogen-bond acceptors (Lipinski definition) is 4. The molecule has 0 aromatic heterocycles.